The first kappa shape index (κ1) is 14.3. The summed E-state index contributed by atoms with van der Waals surface area (Å²) in [6.45, 7) is 3.22. The van der Waals surface area contributed by atoms with Gasteiger partial charge in [0.2, 0.25) is 0 Å². The number of nitrogens with zero attached hydrogens (tertiary/aromatic N) is 2. The molecule has 4 heteroatoms. The van der Waals surface area contributed by atoms with E-state index in [1.165, 1.54) is 27.0 Å². The third-order valence-corrected chi connectivity index (χ3v) is 5.86. The van der Waals surface area contributed by atoms with Crippen LogP contribution in [0.5, 0.6) is 0 Å². The Morgan fingerprint density at radius 3 is 2.86 bits per heavy atom. The molecule has 22 heavy (non-hydrogen) atoms. The number of fused-ring (bicyclic) bond motifs is 3. The van der Waals surface area contributed by atoms with Crippen LogP contribution in [0.3, 0.4) is 0 Å². The number of hydrogen-bond donors (Lipinski definition) is 0. The molecule has 3 aromatic rings. The Balaban J connectivity index is 1.73. The van der Waals surface area contributed by atoms with Gasteiger partial charge in [-0.3, -0.25) is 0 Å². The molecule has 2 nitrogen and oxygen atoms in total. The molecule has 0 radical (unpaired) electrons. The van der Waals surface area contributed by atoms with Crippen LogP contribution in [0.15, 0.2) is 36.4 Å². The Kier molecular flexibility index (Phi) is 3.73. The lowest BCUT2D eigenvalue weighted by Gasteiger charge is -2.24. The van der Waals surface area contributed by atoms with Crippen LogP contribution in [0.4, 0.5) is 0 Å². The van der Waals surface area contributed by atoms with E-state index in [-0.39, 0.29) is 0 Å². The van der Waals surface area contributed by atoms with Gasteiger partial charge in [-0.05, 0) is 25.1 Å². The van der Waals surface area contributed by atoms with Crippen LogP contribution in [-0.4, -0.2) is 23.1 Å². The molecular weight excluding hydrogens is 312 g/mol. The molecule has 0 saturated carbocycles. The molecule has 0 bridgehead atoms. The SMILES string of the molecule is CN1CCc2c(c3sc(Cl)cc3n2CCc2ccccc2)C1. The molecule has 4 rings (SSSR count). The molecule has 0 spiro atoms. The summed E-state index contributed by atoms with van der Waals surface area (Å²) in [5, 5.41) is 0. The van der Waals surface area contributed by atoms with E-state index in [0.29, 0.717) is 0 Å². The summed E-state index contributed by atoms with van der Waals surface area (Å²) in [6, 6.07) is 12.9. The van der Waals surface area contributed by atoms with Crippen molar-refractivity contribution in [3.05, 3.63) is 57.6 Å². The lowest BCUT2D eigenvalue weighted by molar-refractivity contribution is 0.309. The van der Waals surface area contributed by atoms with E-state index in [2.05, 4.69) is 52.9 Å². The van der Waals surface area contributed by atoms with Crippen LogP contribution in [0.2, 0.25) is 4.34 Å². The summed E-state index contributed by atoms with van der Waals surface area (Å²) < 4.78 is 4.79. The van der Waals surface area contributed by atoms with Crippen molar-refractivity contribution >= 4 is 33.2 Å². The van der Waals surface area contributed by atoms with Crippen LogP contribution < -0.4 is 0 Å². The van der Waals surface area contributed by atoms with Gasteiger partial charge in [-0.2, -0.15) is 0 Å². The minimum atomic E-state index is 0.898. The van der Waals surface area contributed by atoms with Gasteiger partial charge in [-0.25, -0.2) is 0 Å². The van der Waals surface area contributed by atoms with E-state index in [9.17, 15) is 0 Å². The normalized spacial score (nSPS) is 15.4. The van der Waals surface area contributed by atoms with Gasteiger partial charge in [0.15, 0.2) is 0 Å². The molecule has 2 aromatic heterocycles. The zero-order valence-corrected chi connectivity index (χ0v) is 14.3. The first-order valence-electron chi connectivity index (χ1n) is 7.74. The Hall–Kier alpha value is -1.29. The molecule has 0 saturated heterocycles. The van der Waals surface area contributed by atoms with E-state index < -0.39 is 0 Å². The lowest BCUT2D eigenvalue weighted by Crippen LogP contribution is -2.27. The summed E-state index contributed by atoms with van der Waals surface area (Å²) in [6.07, 6.45) is 2.21. The van der Waals surface area contributed by atoms with Crippen molar-refractivity contribution in [2.24, 2.45) is 0 Å². The maximum atomic E-state index is 6.28. The predicted molar refractivity (Wildman–Crippen MR) is 95.0 cm³/mol. The van der Waals surface area contributed by atoms with Crippen molar-refractivity contribution in [2.45, 2.75) is 25.9 Å². The van der Waals surface area contributed by atoms with Crippen molar-refractivity contribution in [1.82, 2.24) is 9.47 Å². The third-order valence-electron chi connectivity index (χ3n) is 4.55. The minimum Gasteiger partial charge on any atom is -0.343 e. The largest absolute Gasteiger partial charge is 0.343 e. The van der Waals surface area contributed by atoms with Gasteiger partial charge in [-0.1, -0.05) is 41.9 Å². The van der Waals surface area contributed by atoms with E-state index in [1.807, 2.05) is 0 Å². The van der Waals surface area contributed by atoms with Crippen molar-refractivity contribution in [2.75, 3.05) is 13.6 Å². The van der Waals surface area contributed by atoms with Crippen molar-refractivity contribution in [3.8, 4) is 0 Å². The first-order chi connectivity index (χ1) is 10.7. The maximum Gasteiger partial charge on any atom is 0.0956 e. The molecule has 1 aromatic carbocycles. The molecular formula is C18H19ClN2S. The molecule has 0 unspecified atom stereocenters. The fraction of sp³-hybridized carbons (Fsp3) is 0.333. The molecule has 0 fully saturated rings. The molecule has 3 heterocycles. The second kappa shape index (κ2) is 5.73. The maximum absolute atomic E-state index is 6.28. The zero-order chi connectivity index (χ0) is 15.1. The quantitative estimate of drug-likeness (QED) is 0.682. The van der Waals surface area contributed by atoms with Gasteiger partial charge < -0.3 is 9.47 Å². The minimum absolute atomic E-state index is 0.898. The van der Waals surface area contributed by atoms with Gasteiger partial charge in [0.05, 0.1) is 14.6 Å². The number of thiophene rings is 1. The number of halogens is 1. The summed E-state index contributed by atoms with van der Waals surface area (Å²) in [5.41, 5.74) is 5.74. The highest BCUT2D eigenvalue weighted by molar-refractivity contribution is 7.22. The fourth-order valence-electron chi connectivity index (χ4n) is 3.44. The fourth-order valence-corrected chi connectivity index (χ4v) is 4.72. The summed E-state index contributed by atoms with van der Waals surface area (Å²) >= 11 is 8.01. The number of rotatable bonds is 3. The molecule has 0 atom stereocenters. The number of hydrogen-bond acceptors (Lipinski definition) is 2. The Morgan fingerprint density at radius 1 is 1.23 bits per heavy atom. The van der Waals surface area contributed by atoms with Crippen LogP contribution in [-0.2, 0) is 25.9 Å². The first-order valence-corrected chi connectivity index (χ1v) is 8.93. The van der Waals surface area contributed by atoms with E-state index in [4.69, 9.17) is 11.6 Å². The van der Waals surface area contributed by atoms with Crippen molar-refractivity contribution in [3.63, 3.8) is 0 Å². The van der Waals surface area contributed by atoms with Gasteiger partial charge >= 0.3 is 0 Å². The highest BCUT2D eigenvalue weighted by Gasteiger charge is 2.23. The van der Waals surface area contributed by atoms with Gasteiger partial charge in [0.1, 0.15) is 0 Å². The second-order valence-corrected chi connectivity index (χ2v) is 7.75. The molecule has 1 aliphatic heterocycles. The summed E-state index contributed by atoms with van der Waals surface area (Å²) in [5.74, 6) is 0. The van der Waals surface area contributed by atoms with Crippen molar-refractivity contribution < 1.29 is 0 Å². The van der Waals surface area contributed by atoms with Crippen molar-refractivity contribution in [1.29, 1.82) is 0 Å². The molecule has 0 amide bonds. The lowest BCUT2D eigenvalue weighted by atomic mass is 10.1. The molecule has 114 valence electrons. The second-order valence-electron chi connectivity index (χ2n) is 6.07. The van der Waals surface area contributed by atoms with Gasteiger partial charge in [0, 0.05) is 37.3 Å². The highest BCUT2D eigenvalue weighted by atomic mass is 35.5. The standard InChI is InChI=1S/C18H19ClN2S/c1-20-9-8-15-14(12-20)18-16(11-17(19)22-18)21(15)10-7-13-5-3-2-4-6-13/h2-6,11H,7-10,12H2,1H3. The molecule has 0 aliphatic carbocycles. The smallest absolute Gasteiger partial charge is 0.0956 e. The Morgan fingerprint density at radius 2 is 2.05 bits per heavy atom. The highest BCUT2D eigenvalue weighted by Crippen LogP contribution is 2.38. The van der Waals surface area contributed by atoms with Crippen LogP contribution >= 0.6 is 22.9 Å². The van der Waals surface area contributed by atoms with E-state index in [0.717, 1.165) is 36.8 Å². The van der Waals surface area contributed by atoms with Crippen LogP contribution in [0.25, 0.3) is 10.2 Å². The van der Waals surface area contributed by atoms with E-state index >= 15 is 0 Å². The summed E-state index contributed by atoms with van der Waals surface area (Å²) in [4.78, 5) is 2.40. The number of likely N-dealkylation sites (N-methyl/N-ethyl adjacent to an activating group) is 1. The number of aromatic nitrogens is 1. The monoisotopic (exact) mass is 330 g/mol. The molecule has 1 aliphatic rings. The topological polar surface area (TPSA) is 8.17 Å². The number of benzene rings is 1. The van der Waals surface area contributed by atoms with Crippen LogP contribution in [0.1, 0.15) is 16.8 Å². The van der Waals surface area contributed by atoms with Gasteiger partial charge in [0.25, 0.3) is 0 Å². The number of aryl methyl sites for hydroxylation is 2. The van der Waals surface area contributed by atoms with Crippen LogP contribution in [0, 0.1) is 0 Å². The Labute approximate surface area is 139 Å². The van der Waals surface area contributed by atoms with E-state index in [1.54, 1.807) is 11.3 Å². The average Bonchev–Trinajstić information content (AvgIpc) is 3.02. The van der Waals surface area contributed by atoms with Gasteiger partial charge in [-0.15, -0.1) is 11.3 Å². The Bertz CT molecular complexity index is 803. The summed E-state index contributed by atoms with van der Waals surface area (Å²) in [7, 11) is 2.20. The molecule has 0 N–H and O–H groups in total. The zero-order valence-electron chi connectivity index (χ0n) is 12.7. The third kappa shape index (κ3) is 2.47. The predicted octanol–water partition coefficient (Wildman–Crippen LogP) is 4.59. The average molecular weight is 331 g/mol.